The fraction of sp³-hybridized carbons (Fsp3) is 0.800. The van der Waals surface area contributed by atoms with Crippen molar-refractivity contribution in [3.8, 4) is 0 Å². The summed E-state index contributed by atoms with van der Waals surface area (Å²) in [4.78, 5) is 11.4. The molecule has 0 bridgehead atoms. The number of carbonyl (C=O) groups excluding carboxylic acids is 1. The van der Waals surface area contributed by atoms with E-state index in [9.17, 15) is 4.79 Å². The Morgan fingerprint density at radius 3 is 2.42 bits per heavy atom. The van der Waals surface area contributed by atoms with Gasteiger partial charge in [-0.15, -0.1) is 0 Å². The first-order valence-corrected chi connectivity index (χ1v) is 4.55. The van der Waals surface area contributed by atoms with Crippen molar-refractivity contribution in [1.82, 2.24) is 5.32 Å². The quantitative estimate of drug-likeness (QED) is 0.643. The van der Waals surface area contributed by atoms with Crippen LogP contribution in [0.2, 0.25) is 0 Å². The molecule has 0 rings (SSSR count). The molecular weight excluding hydrogens is 150 g/mol. The van der Waals surface area contributed by atoms with E-state index in [0.29, 0.717) is 0 Å². The first-order chi connectivity index (χ1) is 5.43. The second-order valence-electron chi connectivity index (χ2n) is 3.81. The summed E-state index contributed by atoms with van der Waals surface area (Å²) in [5.74, 6) is 0.254. The van der Waals surface area contributed by atoms with Crippen LogP contribution in [0.5, 0.6) is 0 Å². The van der Waals surface area contributed by atoms with Gasteiger partial charge < -0.3 is 5.32 Å². The maximum atomic E-state index is 11.4. The minimum atomic E-state index is -0.180. The lowest BCUT2D eigenvalue weighted by Gasteiger charge is -2.19. The Morgan fingerprint density at radius 2 is 2.08 bits per heavy atom. The van der Waals surface area contributed by atoms with Gasteiger partial charge in [0.1, 0.15) is 0 Å². The van der Waals surface area contributed by atoms with Crippen molar-refractivity contribution in [3.05, 3.63) is 6.42 Å². The number of rotatable bonds is 4. The summed E-state index contributed by atoms with van der Waals surface area (Å²) < 4.78 is 0. The Morgan fingerprint density at radius 1 is 1.58 bits per heavy atom. The molecule has 1 N–H and O–H groups in total. The smallest absolute Gasteiger partial charge is 0.226 e. The van der Waals surface area contributed by atoms with Crippen molar-refractivity contribution >= 4 is 5.91 Å². The molecule has 0 fully saturated rings. The van der Waals surface area contributed by atoms with Gasteiger partial charge in [-0.3, -0.25) is 4.79 Å². The molecule has 1 unspecified atom stereocenters. The van der Waals surface area contributed by atoms with Crippen LogP contribution in [0, 0.1) is 12.3 Å². The van der Waals surface area contributed by atoms with Crippen molar-refractivity contribution in [2.75, 3.05) is 0 Å². The van der Waals surface area contributed by atoms with E-state index >= 15 is 0 Å². The lowest BCUT2D eigenvalue weighted by atomic mass is 10.00. The molecular formula is C10H20NO+. The van der Waals surface area contributed by atoms with Gasteiger partial charge in [0.25, 0.3) is 0 Å². The molecule has 0 aliphatic heterocycles. The highest BCUT2D eigenvalue weighted by atomic mass is 16.2. The highest BCUT2D eigenvalue weighted by molar-refractivity contribution is 5.79. The third kappa shape index (κ3) is 3.65. The number of amides is 1. The van der Waals surface area contributed by atoms with Gasteiger partial charge in [-0.1, -0.05) is 13.8 Å². The first-order valence-electron chi connectivity index (χ1n) is 4.55. The largest absolute Gasteiger partial charge is 0.313 e. The summed E-state index contributed by atoms with van der Waals surface area (Å²) >= 11 is 0. The Bertz CT molecular complexity index is 152. The van der Waals surface area contributed by atoms with E-state index < -0.39 is 0 Å². The van der Waals surface area contributed by atoms with Crippen LogP contribution >= 0.6 is 0 Å². The van der Waals surface area contributed by atoms with E-state index in [0.717, 1.165) is 6.42 Å². The Hall–Kier alpha value is -0.660. The minimum absolute atomic E-state index is 0.115. The number of hydrogen-bond donors (Lipinski definition) is 1. The molecule has 0 heterocycles. The van der Waals surface area contributed by atoms with Gasteiger partial charge in [0, 0.05) is 19.8 Å². The zero-order valence-corrected chi connectivity index (χ0v) is 8.77. The molecule has 0 spiro atoms. The van der Waals surface area contributed by atoms with Crippen molar-refractivity contribution in [1.29, 1.82) is 0 Å². The second-order valence-corrected chi connectivity index (χ2v) is 3.81. The Kier molecular flexibility index (Phi) is 4.15. The molecule has 0 aromatic rings. The zero-order chi connectivity index (χ0) is 9.78. The summed E-state index contributed by atoms with van der Waals surface area (Å²) in [6.45, 7) is 9.91. The average molecular weight is 170 g/mol. The monoisotopic (exact) mass is 170 g/mol. The third-order valence-electron chi connectivity index (χ3n) is 2.23. The van der Waals surface area contributed by atoms with E-state index in [1.54, 1.807) is 0 Å². The van der Waals surface area contributed by atoms with Gasteiger partial charge in [-0.2, -0.15) is 0 Å². The Labute approximate surface area is 75.7 Å². The molecule has 2 nitrogen and oxygen atoms in total. The van der Waals surface area contributed by atoms with Gasteiger partial charge >= 0.3 is 0 Å². The van der Waals surface area contributed by atoms with Crippen LogP contribution in [0.4, 0.5) is 0 Å². The number of hydrogen-bond acceptors (Lipinski definition) is 1. The van der Waals surface area contributed by atoms with E-state index in [2.05, 4.69) is 5.32 Å². The molecule has 1 amide bonds. The predicted octanol–water partition coefficient (Wildman–Crippen LogP) is 2.15. The summed E-state index contributed by atoms with van der Waals surface area (Å²) in [5, 5.41) is 2.96. The molecule has 0 aromatic carbocycles. The molecule has 0 aliphatic carbocycles. The van der Waals surface area contributed by atoms with Gasteiger partial charge in [-0.25, -0.2) is 0 Å². The van der Waals surface area contributed by atoms with Gasteiger partial charge in [0.05, 0.1) is 13.3 Å². The second kappa shape index (κ2) is 4.39. The average Bonchev–Trinajstić information content (AvgIpc) is 2.02. The SMILES string of the molecule is C[CH+]C(C)(C)NC(=O)C(C)CC. The fourth-order valence-corrected chi connectivity index (χ4v) is 0.698. The van der Waals surface area contributed by atoms with E-state index in [1.165, 1.54) is 0 Å². The number of carbonyl (C=O) groups is 1. The van der Waals surface area contributed by atoms with Gasteiger partial charge in [0.2, 0.25) is 5.91 Å². The fourth-order valence-electron chi connectivity index (χ4n) is 0.698. The predicted molar refractivity (Wildman–Crippen MR) is 51.7 cm³/mol. The molecule has 0 saturated carbocycles. The van der Waals surface area contributed by atoms with Crippen molar-refractivity contribution in [2.24, 2.45) is 5.92 Å². The zero-order valence-electron chi connectivity index (χ0n) is 8.77. The third-order valence-corrected chi connectivity index (χ3v) is 2.23. The molecule has 1 atom stereocenters. The van der Waals surface area contributed by atoms with Crippen LogP contribution in [0.15, 0.2) is 0 Å². The van der Waals surface area contributed by atoms with Gasteiger partial charge in [-0.05, 0) is 6.42 Å². The van der Waals surface area contributed by atoms with Crippen LogP contribution in [0.25, 0.3) is 0 Å². The summed E-state index contributed by atoms with van der Waals surface area (Å²) in [7, 11) is 0. The topological polar surface area (TPSA) is 29.1 Å². The molecule has 2 heteroatoms. The summed E-state index contributed by atoms with van der Waals surface area (Å²) in [6, 6.07) is 0. The lowest BCUT2D eigenvalue weighted by molar-refractivity contribution is -0.125. The van der Waals surface area contributed by atoms with Crippen LogP contribution in [-0.4, -0.2) is 11.4 Å². The molecule has 70 valence electrons. The number of nitrogens with one attached hydrogen (secondary N) is 1. The first kappa shape index (κ1) is 11.3. The van der Waals surface area contributed by atoms with Crippen LogP contribution in [0.1, 0.15) is 41.0 Å². The van der Waals surface area contributed by atoms with Crippen LogP contribution < -0.4 is 5.32 Å². The molecule has 12 heavy (non-hydrogen) atoms. The maximum Gasteiger partial charge on any atom is 0.226 e. The molecule has 0 aliphatic rings. The van der Waals surface area contributed by atoms with E-state index in [1.807, 2.05) is 41.0 Å². The van der Waals surface area contributed by atoms with Crippen molar-refractivity contribution in [2.45, 2.75) is 46.6 Å². The highest BCUT2D eigenvalue weighted by Crippen LogP contribution is 2.08. The van der Waals surface area contributed by atoms with E-state index in [-0.39, 0.29) is 17.4 Å². The van der Waals surface area contributed by atoms with E-state index in [4.69, 9.17) is 0 Å². The van der Waals surface area contributed by atoms with Crippen molar-refractivity contribution < 1.29 is 4.79 Å². The highest BCUT2D eigenvalue weighted by Gasteiger charge is 2.27. The van der Waals surface area contributed by atoms with Crippen LogP contribution in [-0.2, 0) is 4.79 Å². The summed E-state index contributed by atoms with van der Waals surface area (Å²) in [6.07, 6.45) is 2.89. The van der Waals surface area contributed by atoms with Crippen molar-refractivity contribution in [3.63, 3.8) is 0 Å². The normalized spacial score (nSPS) is 13.8. The lowest BCUT2D eigenvalue weighted by Crippen LogP contribution is -2.45. The van der Waals surface area contributed by atoms with Crippen LogP contribution in [0.3, 0.4) is 0 Å². The standard InChI is InChI=1S/C10H19NO/c1-6-8(3)9(12)11-10(4,5)7-2/h7-8H,6H2,1-5H3/p+1. The molecule has 0 radical (unpaired) electrons. The molecule has 0 aromatic heterocycles. The minimum Gasteiger partial charge on any atom is -0.313 e. The maximum absolute atomic E-state index is 11.4. The van der Waals surface area contributed by atoms with Gasteiger partial charge in [0.15, 0.2) is 5.54 Å². The Balaban J connectivity index is 4.00. The summed E-state index contributed by atoms with van der Waals surface area (Å²) in [5.41, 5.74) is -0.180. The molecule has 0 saturated heterocycles.